The molecule has 3 rings (SSSR count). The number of ether oxygens (including phenoxy) is 1. The first kappa shape index (κ1) is 31.3. The standard InChI is InChI=1S/C28H38F3N5O4/c1-19(2)40-18-17-36(15-4-3-8-21-11-10-20-7-5-14-33-25(20)34-21)16-12-23(27(38)39)35-26(37)24-22(28(29,30)31)9-6-13-32-24/h6,9-11,13,19,23H,3-5,7-8,12,14-18H2,1-2H3,(H,33,34)(H,35,37)(H,38,39)/t23-/m0/s1. The molecule has 0 saturated carbocycles. The van der Waals surface area contributed by atoms with E-state index in [1.54, 1.807) is 0 Å². The lowest BCUT2D eigenvalue weighted by atomic mass is 10.1. The van der Waals surface area contributed by atoms with Crippen LogP contribution in [0.4, 0.5) is 19.0 Å². The van der Waals surface area contributed by atoms with Gasteiger partial charge in [0.2, 0.25) is 0 Å². The summed E-state index contributed by atoms with van der Waals surface area (Å²) in [4.78, 5) is 34.8. The molecule has 220 valence electrons. The summed E-state index contributed by atoms with van der Waals surface area (Å²) in [6.45, 7) is 6.76. The van der Waals surface area contributed by atoms with Crippen molar-refractivity contribution >= 4 is 17.7 Å². The molecule has 1 atom stereocenters. The molecule has 0 fully saturated rings. The maximum Gasteiger partial charge on any atom is 0.418 e. The quantitative estimate of drug-likeness (QED) is 0.276. The van der Waals surface area contributed by atoms with Crippen LogP contribution in [0.5, 0.6) is 0 Å². The van der Waals surface area contributed by atoms with E-state index >= 15 is 0 Å². The molecule has 1 amide bonds. The van der Waals surface area contributed by atoms with Gasteiger partial charge in [-0.3, -0.25) is 9.78 Å². The van der Waals surface area contributed by atoms with E-state index in [0.717, 1.165) is 68.5 Å². The van der Waals surface area contributed by atoms with Crippen molar-refractivity contribution in [2.24, 2.45) is 0 Å². The van der Waals surface area contributed by atoms with Gasteiger partial charge in [-0.25, -0.2) is 9.78 Å². The number of pyridine rings is 2. The number of hydrogen-bond acceptors (Lipinski definition) is 7. The van der Waals surface area contributed by atoms with Crippen molar-refractivity contribution in [1.82, 2.24) is 20.2 Å². The Kier molecular flexibility index (Phi) is 11.7. The fraction of sp³-hybridized carbons (Fsp3) is 0.571. The summed E-state index contributed by atoms with van der Waals surface area (Å²) in [5.41, 5.74) is 0.191. The zero-order valence-corrected chi connectivity index (χ0v) is 23.0. The molecule has 1 aliphatic heterocycles. The normalized spacial score (nSPS) is 14.1. The minimum absolute atomic E-state index is 0.00891. The van der Waals surface area contributed by atoms with Crippen molar-refractivity contribution in [3.63, 3.8) is 0 Å². The molecule has 1 aliphatic rings. The summed E-state index contributed by atoms with van der Waals surface area (Å²) < 4.78 is 45.6. The van der Waals surface area contributed by atoms with E-state index in [4.69, 9.17) is 9.72 Å². The number of hydrogen-bond donors (Lipinski definition) is 3. The number of unbranched alkanes of at least 4 members (excludes halogenated alkanes) is 1. The van der Waals surface area contributed by atoms with Crippen LogP contribution in [-0.4, -0.2) is 76.8 Å². The third-order valence-electron chi connectivity index (χ3n) is 6.63. The van der Waals surface area contributed by atoms with Crippen LogP contribution in [-0.2, 0) is 28.5 Å². The fourth-order valence-corrected chi connectivity index (χ4v) is 4.51. The maximum absolute atomic E-state index is 13.3. The summed E-state index contributed by atoms with van der Waals surface area (Å²) in [6, 6.07) is 4.62. The highest BCUT2D eigenvalue weighted by molar-refractivity contribution is 5.96. The van der Waals surface area contributed by atoms with E-state index in [-0.39, 0.29) is 12.5 Å². The summed E-state index contributed by atoms with van der Waals surface area (Å²) in [6.07, 6.45) is 0.982. The van der Waals surface area contributed by atoms with Crippen LogP contribution in [0.25, 0.3) is 0 Å². The molecule has 0 aliphatic carbocycles. The molecule has 0 saturated heterocycles. The van der Waals surface area contributed by atoms with Crippen LogP contribution in [0.15, 0.2) is 30.5 Å². The van der Waals surface area contributed by atoms with Crippen molar-refractivity contribution in [2.75, 3.05) is 38.1 Å². The number of carbonyl (C=O) groups is 2. The zero-order valence-electron chi connectivity index (χ0n) is 23.0. The molecule has 3 N–H and O–H groups in total. The molecule has 0 radical (unpaired) electrons. The van der Waals surface area contributed by atoms with Gasteiger partial charge >= 0.3 is 12.1 Å². The summed E-state index contributed by atoms with van der Waals surface area (Å²) >= 11 is 0. The number of halogens is 3. The summed E-state index contributed by atoms with van der Waals surface area (Å²) in [7, 11) is 0. The van der Waals surface area contributed by atoms with Crippen molar-refractivity contribution in [3.05, 3.63) is 53.0 Å². The van der Waals surface area contributed by atoms with Gasteiger partial charge in [0.1, 0.15) is 17.6 Å². The van der Waals surface area contributed by atoms with E-state index in [9.17, 15) is 27.9 Å². The van der Waals surface area contributed by atoms with Gasteiger partial charge in [0, 0.05) is 31.5 Å². The first-order chi connectivity index (χ1) is 19.0. The van der Waals surface area contributed by atoms with Gasteiger partial charge in [-0.05, 0) is 82.7 Å². The number of alkyl halides is 3. The van der Waals surface area contributed by atoms with Crippen LogP contribution in [0.1, 0.15) is 66.8 Å². The number of anilines is 1. The second-order valence-electron chi connectivity index (χ2n) is 10.1. The lowest BCUT2D eigenvalue weighted by molar-refractivity contribution is -0.139. The summed E-state index contributed by atoms with van der Waals surface area (Å²) in [5.74, 6) is -1.55. The Labute approximate surface area is 232 Å². The van der Waals surface area contributed by atoms with E-state index < -0.39 is 35.4 Å². The molecule has 2 aromatic rings. The third-order valence-corrected chi connectivity index (χ3v) is 6.63. The number of carboxylic acid groups (broad SMARTS) is 1. The van der Waals surface area contributed by atoms with E-state index in [1.165, 1.54) is 5.56 Å². The minimum atomic E-state index is -4.79. The predicted molar refractivity (Wildman–Crippen MR) is 144 cm³/mol. The number of amides is 1. The molecule has 3 heterocycles. The van der Waals surface area contributed by atoms with Gasteiger partial charge in [-0.1, -0.05) is 6.07 Å². The predicted octanol–water partition coefficient (Wildman–Crippen LogP) is 4.18. The Morgan fingerprint density at radius 3 is 2.70 bits per heavy atom. The lowest BCUT2D eigenvalue weighted by Crippen LogP contribution is -2.44. The average molecular weight is 566 g/mol. The van der Waals surface area contributed by atoms with Crippen molar-refractivity contribution in [1.29, 1.82) is 0 Å². The highest BCUT2D eigenvalue weighted by atomic mass is 19.4. The maximum atomic E-state index is 13.3. The largest absolute Gasteiger partial charge is 0.480 e. The van der Waals surface area contributed by atoms with E-state index in [2.05, 4.69) is 27.8 Å². The number of fused-ring (bicyclic) bond motifs is 1. The van der Waals surface area contributed by atoms with Crippen LogP contribution in [0.3, 0.4) is 0 Å². The highest BCUT2D eigenvalue weighted by Gasteiger charge is 2.36. The molecule has 0 aromatic carbocycles. The van der Waals surface area contributed by atoms with Crippen molar-refractivity contribution in [2.45, 2.75) is 70.7 Å². The second kappa shape index (κ2) is 14.9. The Morgan fingerprint density at radius 1 is 1.18 bits per heavy atom. The Balaban J connectivity index is 1.56. The first-order valence-electron chi connectivity index (χ1n) is 13.7. The number of rotatable bonds is 15. The van der Waals surface area contributed by atoms with Crippen molar-refractivity contribution in [3.8, 4) is 0 Å². The number of aromatic nitrogens is 2. The smallest absolute Gasteiger partial charge is 0.418 e. The fourth-order valence-electron chi connectivity index (χ4n) is 4.51. The molecular formula is C28H38F3N5O4. The highest BCUT2D eigenvalue weighted by Crippen LogP contribution is 2.31. The minimum Gasteiger partial charge on any atom is -0.480 e. The van der Waals surface area contributed by atoms with Crippen LogP contribution in [0.2, 0.25) is 0 Å². The molecule has 0 spiro atoms. The molecular weight excluding hydrogens is 527 g/mol. The van der Waals surface area contributed by atoms with Gasteiger partial charge in [0.15, 0.2) is 0 Å². The summed E-state index contributed by atoms with van der Waals surface area (Å²) in [5, 5.41) is 15.2. The second-order valence-corrected chi connectivity index (χ2v) is 10.1. The zero-order chi connectivity index (χ0) is 29.1. The number of carboxylic acids is 1. The first-order valence-corrected chi connectivity index (χ1v) is 13.7. The number of nitrogens with one attached hydrogen (secondary N) is 2. The number of carbonyl (C=O) groups excluding carboxylic acids is 1. The topological polar surface area (TPSA) is 117 Å². The van der Waals surface area contributed by atoms with Gasteiger partial charge in [-0.15, -0.1) is 0 Å². The number of aryl methyl sites for hydroxylation is 2. The van der Waals surface area contributed by atoms with Gasteiger partial charge < -0.3 is 25.4 Å². The number of nitrogens with zero attached hydrogens (tertiary/aromatic N) is 3. The monoisotopic (exact) mass is 565 g/mol. The Hall–Kier alpha value is -3.25. The molecule has 40 heavy (non-hydrogen) atoms. The molecule has 12 heteroatoms. The van der Waals surface area contributed by atoms with E-state index in [1.807, 2.05) is 18.7 Å². The van der Waals surface area contributed by atoms with Gasteiger partial charge in [0.05, 0.1) is 18.3 Å². The molecule has 2 aromatic heterocycles. The van der Waals surface area contributed by atoms with Crippen molar-refractivity contribution < 1.29 is 32.6 Å². The molecule has 0 unspecified atom stereocenters. The lowest BCUT2D eigenvalue weighted by Gasteiger charge is -2.25. The average Bonchev–Trinajstić information content (AvgIpc) is 2.91. The van der Waals surface area contributed by atoms with E-state index in [0.29, 0.717) is 26.2 Å². The Morgan fingerprint density at radius 2 is 1.98 bits per heavy atom. The SMILES string of the molecule is CC(C)OCCN(CCCCc1ccc2c(n1)NCCC2)CC[C@H](NC(=O)c1ncccc1C(F)(F)F)C(=O)O. The van der Waals surface area contributed by atoms with Crippen LogP contribution in [0, 0.1) is 0 Å². The van der Waals surface area contributed by atoms with Gasteiger partial charge in [-0.2, -0.15) is 13.2 Å². The van der Waals surface area contributed by atoms with Crippen LogP contribution >= 0.6 is 0 Å². The Bertz CT molecular complexity index is 1130. The molecule has 9 nitrogen and oxygen atoms in total. The van der Waals surface area contributed by atoms with Crippen LogP contribution < -0.4 is 10.6 Å². The third kappa shape index (κ3) is 9.74. The molecule has 0 bridgehead atoms. The number of aliphatic carboxylic acids is 1. The van der Waals surface area contributed by atoms with Gasteiger partial charge in [0.25, 0.3) is 5.91 Å².